The molecular weight excluding hydrogens is 254 g/mol. The average Bonchev–Trinajstić information content (AvgIpc) is 2.49. The fourth-order valence-electron chi connectivity index (χ4n) is 2.94. The Morgan fingerprint density at radius 1 is 0.762 bits per heavy atom. The lowest BCUT2D eigenvalue weighted by Gasteiger charge is -2.19. The summed E-state index contributed by atoms with van der Waals surface area (Å²) in [6.07, 6.45) is 0. The molecule has 0 aliphatic heterocycles. The first kappa shape index (κ1) is 13.8. The molecule has 106 valence electrons. The topological polar surface area (TPSA) is 26.0 Å². The van der Waals surface area contributed by atoms with Gasteiger partial charge >= 0.3 is 0 Å². The van der Waals surface area contributed by atoms with Crippen LogP contribution in [0.15, 0.2) is 54.6 Å². The number of rotatable bonds is 2. The zero-order valence-corrected chi connectivity index (χ0v) is 12.9. The van der Waals surface area contributed by atoms with Crippen LogP contribution >= 0.6 is 0 Å². The van der Waals surface area contributed by atoms with Gasteiger partial charge in [-0.2, -0.15) is 0 Å². The van der Waals surface area contributed by atoms with Crippen LogP contribution in [-0.4, -0.2) is 0 Å². The number of fused-ring (bicyclic) bond motifs is 1. The second-order valence-electron chi connectivity index (χ2n) is 5.84. The van der Waals surface area contributed by atoms with E-state index >= 15 is 0 Å². The molecule has 0 heterocycles. The normalized spacial score (nSPS) is 12.6. The van der Waals surface area contributed by atoms with Gasteiger partial charge in [0.1, 0.15) is 0 Å². The summed E-state index contributed by atoms with van der Waals surface area (Å²) in [5, 5.41) is 2.50. The fourth-order valence-corrected chi connectivity index (χ4v) is 2.94. The molecule has 1 unspecified atom stereocenters. The van der Waals surface area contributed by atoms with Gasteiger partial charge in [0.15, 0.2) is 0 Å². The molecular formula is C20H21N. The molecule has 2 N–H and O–H groups in total. The number of nitrogens with two attached hydrogens (primary N) is 1. The lowest BCUT2D eigenvalue weighted by molar-refractivity contribution is 0.868. The summed E-state index contributed by atoms with van der Waals surface area (Å²) >= 11 is 0. The van der Waals surface area contributed by atoms with E-state index in [1.165, 1.54) is 38.6 Å². The first-order chi connectivity index (χ1) is 10.1. The molecule has 0 bridgehead atoms. The van der Waals surface area contributed by atoms with Gasteiger partial charge in [-0.05, 0) is 59.4 Å². The molecule has 1 nitrogen and oxygen atoms in total. The highest BCUT2D eigenvalue weighted by molar-refractivity contribution is 5.87. The predicted octanol–water partition coefficient (Wildman–Crippen LogP) is 4.81. The molecule has 0 fully saturated rings. The van der Waals surface area contributed by atoms with Crippen molar-refractivity contribution in [3.63, 3.8) is 0 Å². The Labute approximate surface area is 126 Å². The molecule has 0 spiro atoms. The summed E-state index contributed by atoms with van der Waals surface area (Å²) in [4.78, 5) is 0. The lowest BCUT2D eigenvalue weighted by Crippen LogP contribution is -2.14. The molecule has 0 aromatic heterocycles. The van der Waals surface area contributed by atoms with Crippen LogP contribution in [0.4, 0.5) is 0 Å². The van der Waals surface area contributed by atoms with E-state index in [0.717, 1.165) is 0 Å². The fraction of sp³-hybridized carbons (Fsp3) is 0.200. The van der Waals surface area contributed by atoms with Crippen LogP contribution in [-0.2, 0) is 0 Å². The highest BCUT2D eigenvalue weighted by Crippen LogP contribution is 2.30. The highest BCUT2D eigenvalue weighted by atomic mass is 14.6. The molecule has 0 radical (unpaired) electrons. The third-order valence-electron chi connectivity index (χ3n) is 4.39. The monoisotopic (exact) mass is 275 g/mol. The van der Waals surface area contributed by atoms with Gasteiger partial charge in [0.2, 0.25) is 0 Å². The van der Waals surface area contributed by atoms with Crippen LogP contribution in [0.25, 0.3) is 10.8 Å². The minimum Gasteiger partial charge on any atom is -0.320 e. The number of hydrogen-bond donors (Lipinski definition) is 1. The molecule has 0 saturated heterocycles. The highest BCUT2D eigenvalue weighted by Gasteiger charge is 2.15. The van der Waals surface area contributed by atoms with Crippen LogP contribution < -0.4 is 5.73 Å². The number of hydrogen-bond acceptors (Lipinski definition) is 1. The largest absolute Gasteiger partial charge is 0.320 e. The maximum absolute atomic E-state index is 6.60. The maximum Gasteiger partial charge on any atom is 0.0560 e. The Bertz CT molecular complexity index is 802. The van der Waals surface area contributed by atoms with Crippen molar-refractivity contribution in [1.29, 1.82) is 0 Å². The predicted molar refractivity (Wildman–Crippen MR) is 90.6 cm³/mol. The van der Waals surface area contributed by atoms with Gasteiger partial charge in [-0.15, -0.1) is 0 Å². The number of aryl methyl sites for hydroxylation is 3. The van der Waals surface area contributed by atoms with Gasteiger partial charge in [0, 0.05) is 0 Å². The van der Waals surface area contributed by atoms with E-state index in [4.69, 9.17) is 5.73 Å². The molecule has 3 aromatic rings. The van der Waals surface area contributed by atoms with E-state index in [2.05, 4.69) is 75.4 Å². The SMILES string of the molecule is Cc1ccc(C(N)c2c(C)ccc3ccccc23)cc1C. The van der Waals surface area contributed by atoms with E-state index in [1.54, 1.807) is 0 Å². The zero-order valence-electron chi connectivity index (χ0n) is 12.9. The van der Waals surface area contributed by atoms with E-state index in [-0.39, 0.29) is 6.04 Å². The Morgan fingerprint density at radius 3 is 2.24 bits per heavy atom. The van der Waals surface area contributed by atoms with E-state index in [1.807, 2.05) is 0 Å². The first-order valence-electron chi connectivity index (χ1n) is 7.39. The van der Waals surface area contributed by atoms with Crippen LogP contribution in [0.1, 0.15) is 33.9 Å². The molecule has 3 rings (SSSR count). The third-order valence-corrected chi connectivity index (χ3v) is 4.39. The summed E-state index contributed by atoms with van der Waals surface area (Å²) in [5.74, 6) is 0. The van der Waals surface area contributed by atoms with Gasteiger partial charge in [0.25, 0.3) is 0 Å². The van der Waals surface area contributed by atoms with Crippen molar-refractivity contribution in [3.05, 3.63) is 82.4 Å². The van der Waals surface area contributed by atoms with E-state index < -0.39 is 0 Å². The second kappa shape index (κ2) is 5.34. The van der Waals surface area contributed by atoms with Crippen molar-refractivity contribution >= 4 is 10.8 Å². The van der Waals surface area contributed by atoms with Crippen LogP contribution in [0, 0.1) is 20.8 Å². The molecule has 0 amide bonds. The Morgan fingerprint density at radius 2 is 1.48 bits per heavy atom. The molecule has 0 aliphatic rings. The van der Waals surface area contributed by atoms with Crippen LogP contribution in [0.3, 0.4) is 0 Å². The van der Waals surface area contributed by atoms with Gasteiger partial charge in [-0.25, -0.2) is 0 Å². The summed E-state index contributed by atoms with van der Waals surface area (Å²) < 4.78 is 0. The van der Waals surface area contributed by atoms with Crippen molar-refractivity contribution in [3.8, 4) is 0 Å². The first-order valence-corrected chi connectivity index (χ1v) is 7.39. The molecule has 0 saturated carbocycles. The van der Waals surface area contributed by atoms with Crippen LogP contribution in [0.2, 0.25) is 0 Å². The Hall–Kier alpha value is -2.12. The quantitative estimate of drug-likeness (QED) is 0.713. The third kappa shape index (κ3) is 2.45. The smallest absolute Gasteiger partial charge is 0.0560 e. The van der Waals surface area contributed by atoms with Crippen LogP contribution in [0.5, 0.6) is 0 Å². The van der Waals surface area contributed by atoms with Gasteiger partial charge in [-0.3, -0.25) is 0 Å². The molecule has 1 heteroatoms. The minimum absolute atomic E-state index is 0.0876. The van der Waals surface area contributed by atoms with Crippen molar-refractivity contribution in [2.75, 3.05) is 0 Å². The maximum atomic E-state index is 6.60. The molecule has 3 aromatic carbocycles. The number of benzene rings is 3. The van der Waals surface area contributed by atoms with E-state index in [9.17, 15) is 0 Å². The molecule has 0 aliphatic carbocycles. The average molecular weight is 275 g/mol. The van der Waals surface area contributed by atoms with Crippen molar-refractivity contribution in [2.24, 2.45) is 5.73 Å². The standard InChI is InChI=1S/C20H21N/c1-13-8-11-17(12-15(13)3)20(21)19-14(2)9-10-16-6-4-5-7-18(16)19/h4-12,20H,21H2,1-3H3. The van der Waals surface area contributed by atoms with Gasteiger partial charge in [-0.1, -0.05) is 54.6 Å². The van der Waals surface area contributed by atoms with Crippen molar-refractivity contribution in [2.45, 2.75) is 26.8 Å². The molecule has 1 atom stereocenters. The van der Waals surface area contributed by atoms with Crippen molar-refractivity contribution in [1.82, 2.24) is 0 Å². The summed E-state index contributed by atoms with van der Waals surface area (Å²) in [6, 6.07) is 19.2. The van der Waals surface area contributed by atoms with Gasteiger partial charge in [0.05, 0.1) is 6.04 Å². The summed E-state index contributed by atoms with van der Waals surface area (Å²) in [7, 11) is 0. The molecule has 21 heavy (non-hydrogen) atoms. The summed E-state index contributed by atoms with van der Waals surface area (Å²) in [5.41, 5.74) is 12.9. The Balaban J connectivity index is 2.19. The minimum atomic E-state index is -0.0876. The van der Waals surface area contributed by atoms with Crippen molar-refractivity contribution < 1.29 is 0 Å². The lowest BCUT2D eigenvalue weighted by atomic mass is 9.89. The van der Waals surface area contributed by atoms with E-state index in [0.29, 0.717) is 0 Å². The van der Waals surface area contributed by atoms with Gasteiger partial charge < -0.3 is 5.73 Å². The zero-order chi connectivity index (χ0) is 15.0. The second-order valence-corrected chi connectivity index (χ2v) is 5.84. The summed E-state index contributed by atoms with van der Waals surface area (Å²) in [6.45, 7) is 6.41. The Kier molecular flexibility index (Phi) is 3.52.